The Morgan fingerprint density at radius 1 is 1.26 bits per heavy atom. The van der Waals surface area contributed by atoms with Crippen LogP contribution in [0.25, 0.3) is 0 Å². The summed E-state index contributed by atoms with van der Waals surface area (Å²) in [4.78, 5) is 40.7. The predicted octanol–water partition coefficient (Wildman–Crippen LogP) is 3.88. The Morgan fingerprint density at radius 3 is 2.44 bits per heavy atom. The first-order valence-corrected chi connectivity index (χ1v) is 12.1. The molecule has 0 heterocycles. The number of rotatable bonds is 11. The molecule has 0 aliphatic carbocycles. The molecule has 0 aromatic heterocycles. The molecule has 0 spiro atoms. The fourth-order valence-electron chi connectivity index (χ4n) is 3.48. The van der Waals surface area contributed by atoms with Gasteiger partial charge in [0.1, 0.15) is 23.4 Å². The lowest BCUT2D eigenvalue weighted by Crippen LogP contribution is -2.54. The van der Waals surface area contributed by atoms with Crippen LogP contribution in [0.1, 0.15) is 64.6 Å². The van der Waals surface area contributed by atoms with Gasteiger partial charge in [0.05, 0.1) is 0 Å². The molecule has 9 heteroatoms. The van der Waals surface area contributed by atoms with Crippen LogP contribution >= 0.6 is 12.6 Å². The zero-order valence-corrected chi connectivity index (χ0v) is 21.9. The molecule has 190 valence electrons. The summed E-state index contributed by atoms with van der Waals surface area (Å²) >= 11 is 4.24. The van der Waals surface area contributed by atoms with Crippen molar-refractivity contribution >= 4 is 30.5 Å². The molecule has 1 rings (SSSR count). The van der Waals surface area contributed by atoms with Gasteiger partial charge in [0, 0.05) is 23.9 Å². The molecule has 0 fully saturated rings. The van der Waals surface area contributed by atoms with Gasteiger partial charge in [-0.3, -0.25) is 9.59 Å². The number of phenols is 1. The van der Waals surface area contributed by atoms with Gasteiger partial charge in [0.25, 0.3) is 0 Å². The highest BCUT2D eigenvalue weighted by molar-refractivity contribution is 7.80. The summed E-state index contributed by atoms with van der Waals surface area (Å²) in [5.41, 5.74) is 0.104. The van der Waals surface area contributed by atoms with Crippen molar-refractivity contribution in [1.29, 1.82) is 0 Å². The zero-order valence-electron chi connectivity index (χ0n) is 21.1. The Morgan fingerprint density at radius 2 is 1.91 bits per heavy atom. The number of alkyl carbamates (subject to hydrolysis) is 1. The molecule has 3 N–H and O–H groups in total. The van der Waals surface area contributed by atoms with E-state index in [9.17, 15) is 19.5 Å². The highest BCUT2D eigenvalue weighted by Gasteiger charge is 2.37. The van der Waals surface area contributed by atoms with Crippen molar-refractivity contribution < 1.29 is 24.2 Å². The summed E-state index contributed by atoms with van der Waals surface area (Å²) in [5, 5.41) is 16.2. The minimum atomic E-state index is -1.15. The molecule has 8 nitrogen and oxygen atoms in total. The Hall–Kier alpha value is -2.68. The highest BCUT2D eigenvalue weighted by Crippen LogP contribution is 2.32. The van der Waals surface area contributed by atoms with E-state index in [4.69, 9.17) is 4.74 Å². The Bertz CT molecular complexity index is 869. The molecule has 0 radical (unpaired) electrons. The molecular weight excluding hydrogens is 454 g/mol. The van der Waals surface area contributed by atoms with Crippen molar-refractivity contribution in [2.45, 2.75) is 78.1 Å². The number of carbonyl (C=O) groups excluding carboxylic acids is 3. The third-order valence-electron chi connectivity index (χ3n) is 5.01. The lowest BCUT2D eigenvalue weighted by Gasteiger charge is -2.34. The first-order chi connectivity index (χ1) is 15.9. The van der Waals surface area contributed by atoms with Crippen molar-refractivity contribution in [3.8, 4) is 5.75 Å². The average molecular weight is 494 g/mol. The van der Waals surface area contributed by atoms with Crippen molar-refractivity contribution in [2.75, 3.05) is 12.3 Å². The molecule has 0 saturated heterocycles. The molecule has 0 aliphatic heterocycles. The van der Waals surface area contributed by atoms with E-state index in [1.54, 1.807) is 45.9 Å². The molecule has 1 aromatic rings. The second-order valence-electron chi connectivity index (χ2n) is 9.27. The number of thiol groups is 1. The molecule has 0 saturated carbocycles. The maximum absolute atomic E-state index is 13.6. The van der Waals surface area contributed by atoms with Crippen molar-refractivity contribution in [2.24, 2.45) is 0 Å². The maximum atomic E-state index is 13.6. The van der Waals surface area contributed by atoms with Gasteiger partial charge in [0.2, 0.25) is 11.8 Å². The van der Waals surface area contributed by atoms with Crippen molar-refractivity contribution in [1.82, 2.24) is 15.5 Å². The van der Waals surface area contributed by atoms with E-state index < -0.39 is 35.6 Å². The molecular formula is C25H39N3O5S. The van der Waals surface area contributed by atoms with Crippen LogP contribution in [0.15, 0.2) is 30.9 Å². The molecule has 1 aromatic carbocycles. The molecule has 0 bridgehead atoms. The Kier molecular flexibility index (Phi) is 11.5. The SMILES string of the molecule is C=CCN(C(=O)C(CS)NC(=O)OC(C)(C)C)C(C(=O)NC(C)CCC)c1cccc(C)c1O. The number of nitrogens with one attached hydrogen (secondary N) is 2. The summed E-state index contributed by atoms with van der Waals surface area (Å²) in [6.45, 7) is 14.5. The quantitative estimate of drug-likeness (QED) is 0.276. The zero-order chi connectivity index (χ0) is 26.1. The molecule has 3 atom stereocenters. The number of hydrogen-bond acceptors (Lipinski definition) is 6. The largest absolute Gasteiger partial charge is 0.507 e. The molecule has 3 unspecified atom stereocenters. The third kappa shape index (κ3) is 8.59. The summed E-state index contributed by atoms with van der Waals surface area (Å²) in [5.74, 6) is -1.08. The van der Waals surface area contributed by atoms with Gasteiger partial charge in [-0.2, -0.15) is 12.6 Å². The van der Waals surface area contributed by atoms with E-state index in [0.717, 1.165) is 12.8 Å². The second-order valence-corrected chi connectivity index (χ2v) is 9.64. The second kappa shape index (κ2) is 13.3. The minimum absolute atomic E-state index is 0.00668. The summed E-state index contributed by atoms with van der Waals surface area (Å²) < 4.78 is 5.27. The van der Waals surface area contributed by atoms with Crippen molar-refractivity contribution in [3.63, 3.8) is 0 Å². The first-order valence-electron chi connectivity index (χ1n) is 11.5. The van der Waals surface area contributed by atoms with E-state index in [2.05, 4.69) is 29.8 Å². The summed E-state index contributed by atoms with van der Waals surface area (Å²) in [6.07, 6.45) is 2.35. The molecule has 0 aliphatic rings. The van der Waals surface area contributed by atoms with Gasteiger partial charge >= 0.3 is 6.09 Å². The maximum Gasteiger partial charge on any atom is 0.408 e. The Balaban J connectivity index is 3.43. The first kappa shape index (κ1) is 29.4. The number of amides is 3. The van der Waals surface area contributed by atoms with Crippen LogP contribution in [0.2, 0.25) is 0 Å². The predicted molar refractivity (Wildman–Crippen MR) is 137 cm³/mol. The number of aromatic hydroxyl groups is 1. The molecule has 34 heavy (non-hydrogen) atoms. The topological polar surface area (TPSA) is 108 Å². The number of aryl methyl sites for hydroxylation is 1. The average Bonchev–Trinajstić information content (AvgIpc) is 2.72. The standard InChI is InChI=1S/C25H39N3O5S/c1-8-11-17(4)26-22(30)20(18-13-10-12-16(3)21(18)29)28(14-9-2)23(31)19(15-34)27-24(32)33-25(5,6)7/h9-10,12-13,17,19-20,29,34H,2,8,11,14-15H2,1,3-7H3,(H,26,30)(H,27,32). The minimum Gasteiger partial charge on any atom is -0.507 e. The van der Waals surface area contributed by atoms with Crippen LogP contribution in [0.4, 0.5) is 4.79 Å². The number of hydrogen-bond donors (Lipinski definition) is 4. The van der Waals surface area contributed by atoms with Gasteiger partial charge in [0.15, 0.2) is 0 Å². The highest BCUT2D eigenvalue weighted by atomic mass is 32.1. The van der Waals surface area contributed by atoms with Crippen LogP contribution in [-0.4, -0.2) is 57.9 Å². The molecule has 3 amide bonds. The van der Waals surface area contributed by atoms with E-state index in [0.29, 0.717) is 5.56 Å². The normalized spacial score (nSPS) is 13.9. The number of nitrogens with zero attached hydrogens (tertiary/aromatic N) is 1. The van der Waals surface area contributed by atoms with Gasteiger partial charge in [-0.25, -0.2) is 4.79 Å². The monoisotopic (exact) mass is 493 g/mol. The van der Waals surface area contributed by atoms with Crippen LogP contribution in [0.3, 0.4) is 0 Å². The van der Waals surface area contributed by atoms with Crippen LogP contribution in [-0.2, 0) is 14.3 Å². The van der Waals surface area contributed by atoms with Crippen molar-refractivity contribution in [3.05, 3.63) is 42.0 Å². The van der Waals surface area contributed by atoms with Gasteiger partial charge in [-0.05, 0) is 46.6 Å². The Labute approximate surface area is 208 Å². The fraction of sp³-hybridized carbons (Fsp3) is 0.560. The summed E-state index contributed by atoms with van der Waals surface area (Å²) in [7, 11) is 0. The number of carbonyl (C=O) groups is 3. The van der Waals surface area contributed by atoms with Crippen LogP contribution in [0, 0.1) is 6.92 Å². The van der Waals surface area contributed by atoms with E-state index >= 15 is 0 Å². The number of benzene rings is 1. The van der Waals surface area contributed by atoms with E-state index in [1.165, 1.54) is 11.0 Å². The number of para-hydroxylation sites is 1. The lowest BCUT2D eigenvalue weighted by atomic mass is 9.99. The number of ether oxygens (including phenoxy) is 1. The third-order valence-corrected chi connectivity index (χ3v) is 5.38. The lowest BCUT2D eigenvalue weighted by molar-refractivity contribution is -0.141. The van der Waals surface area contributed by atoms with Crippen LogP contribution in [0.5, 0.6) is 5.75 Å². The summed E-state index contributed by atoms with van der Waals surface area (Å²) in [6, 6.07) is 2.70. The van der Waals surface area contributed by atoms with E-state index in [1.807, 2.05) is 13.8 Å². The number of phenolic OH excluding ortho intramolecular Hbond substituents is 1. The van der Waals surface area contributed by atoms with Crippen LogP contribution < -0.4 is 10.6 Å². The van der Waals surface area contributed by atoms with Gasteiger partial charge in [-0.1, -0.05) is 37.6 Å². The van der Waals surface area contributed by atoms with Gasteiger partial charge in [-0.15, -0.1) is 6.58 Å². The smallest absolute Gasteiger partial charge is 0.408 e. The van der Waals surface area contributed by atoms with Gasteiger partial charge < -0.3 is 25.4 Å². The van der Waals surface area contributed by atoms with E-state index in [-0.39, 0.29) is 29.7 Å². The fourth-order valence-corrected chi connectivity index (χ4v) is 3.72.